The first-order valence-electron chi connectivity index (χ1n) is 10.9. The van der Waals surface area contributed by atoms with Crippen LogP contribution in [0, 0.1) is 10.8 Å². The number of amidine groups is 1. The van der Waals surface area contributed by atoms with E-state index in [0.717, 1.165) is 0 Å². The van der Waals surface area contributed by atoms with Gasteiger partial charge in [0.25, 0.3) is 0 Å². The molecule has 0 aliphatic carbocycles. The number of carbonyl (C=O) groups excluding carboxylic acids is 4. The Morgan fingerprint density at radius 3 is 2.51 bits per heavy atom. The van der Waals surface area contributed by atoms with Crippen LogP contribution in [0.4, 0.5) is 0 Å². The Bertz CT molecular complexity index is 938. The van der Waals surface area contributed by atoms with Gasteiger partial charge in [0.05, 0.1) is 25.2 Å². The Hall–Kier alpha value is -4.00. The summed E-state index contributed by atoms with van der Waals surface area (Å²) >= 11 is 0. The van der Waals surface area contributed by atoms with Crippen molar-refractivity contribution in [3.63, 3.8) is 0 Å². The molecule has 0 bridgehead atoms. The van der Waals surface area contributed by atoms with E-state index in [1.165, 1.54) is 7.11 Å². The van der Waals surface area contributed by atoms with Gasteiger partial charge in [-0.3, -0.25) is 25.2 Å². The maximum Gasteiger partial charge on any atom is 0.305 e. The topological polar surface area (TPSA) is 239 Å². The fourth-order valence-electron chi connectivity index (χ4n) is 3.24. The van der Waals surface area contributed by atoms with Crippen LogP contribution in [0.2, 0.25) is 0 Å². The summed E-state index contributed by atoms with van der Waals surface area (Å²) in [7, 11) is 1.22. The number of nitrogens with two attached hydrogens (primary N) is 3. The number of hydrogen-bond donors (Lipinski definition) is 8. The summed E-state index contributed by atoms with van der Waals surface area (Å²) in [5.41, 5.74) is 16.6. The second-order valence-electron chi connectivity index (χ2n) is 8.00. The first-order chi connectivity index (χ1) is 16.5. The van der Waals surface area contributed by atoms with E-state index >= 15 is 0 Å². The fourth-order valence-corrected chi connectivity index (χ4v) is 3.24. The van der Waals surface area contributed by atoms with Crippen molar-refractivity contribution < 1.29 is 23.9 Å². The monoisotopic (exact) mass is 490 g/mol. The lowest BCUT2D eigenvalue weighted by Gasteiger charge is -2.28. The Balaban J connectivity index is 2.80. The summed E-state index contributed by atoms with van der Waals surface area (Å²) in [6, 6.07) is 5.87. The molecule has 13 heteroatoms. The molecule has 0 aromatic heterocycles. The first-order valence-corrected chi connectivity index (χ1v) is 10.9. The van der Waals surface area contributed by atoms with Crippen molar-refractivity contribution in [3.05, 3.63) is 35.4 Å². The minimum Gasteiger partial charge on any atom is -0.469 e. The summed E-state index contributed by atoms with van der Waals surface area (Å²) in [6.07, 6.45) is 1.21. The van der Waals surface area contributed by atoms with Crippen molar-refractivity contribution in [1.29, 1.82) is 10.8 Å². The predicted molar refractivity (Wildman–Crippen MR) is 129 cm³/mol. The summed E-state index contributed by atoms with van der Waals surface area (Å²) < 4.78 is 4.64. The van der Waals surface area contributed by atoms with E-state index in [0.29, 0.717) is 36.8 Å². The van der Waals surface area contributed by atoms with Crippen LogP contribution in [0.5, 0.6) is 0 Å². The van der Waals surface area contributed by atoms with Gasteiger partial charge in [-0.1, -0.05) is 18.2 Å². The molecule has 0 saturated carbocycles. The van der Waals surface area contributed by atoms with Gasteiger partial charge in [0, 0.05) is 18.5 Å². The minimum absolute atomic E-state index is 0.0126. The molecule has 2 atom stereocenters. The van der Waals surface area contributed by atoms with Crippen molar-refractivity contribution in [3.8, 4) is 0 Å². The van der Waals surface area contributed by atoms with Gasteiger partial charge in [0.1, 0.15) is 12.1 Å². The van der Waals surface area contributed by atoms with Crippen molar-refractivity contribution in [2.75, 3.05) is 20.2 Å². The Morgan fingerprint density at radius 1 is 1.20 bits per heavy atom. The Labute approximate surface area is 203 Å². The second kappa shape index (κ2) is 14.3. The molecule has 192 valence electrons. The van der Waals surface area contributed by atoms with Crippen molar-refractivity contribution in [1.82, 2.24) is 16.0 Å². The largest absolute Gasteiger partial charge is 0.469 e. The number of esters is 1. The molecule has 0 unspecified atom stereocenters. The van der Waals surface area contributed by atoms with Gasteiger partial charge in [-0.15, -0.1) is 0 Å². The van der Waals surface area contributed by atoms with Gasteiger partial charge in [0.15, 0.2) is 5.96 Å². The lowest BCUT2D eigenvalue weighted by atomic mass is 9.85. The number of rotatable bonds is 15. The highest BCUT2D eigenvalue weighted by atomic mass is 16.5. The average Bonchev–Trinajstić information content (AvgIpc) is 2.82. The maximum absolute atomic E-state index is 13.0. The standard InChI is InChI=1S/C22H34N8O5/c1-35-18(33)7-8-22(27,11-14-4-2-5-15(10-14)19(23)24)20(34)29-12-17(32)30-16(13-31)6-3-9-28-21(25)26/h2,4-5,10,13,16H,3,6-9,11-12,27H2,1H3,(H3,23,24)(H,29,34)(H,30,32)(H4,25,26,28)/t16-,22+/m0/s1. The normalized spacial score (nSPS) is 13.0. The van der Waals surface area contributed by atoms with E-state index in [-0.39, 0.29) is 31.1 Å². The third-order valence-corrected chi connectivity index (χ3v) is 5.14. The van der Waals surface area contributed by atoms with Crippen LogP contribution >= 0.6 is 0 Å². The molecule has 35 heavy (non-hydrogen) atoms. The number of benzene rings is 1. The minimum atomic E-state index is -1.56. The molecule has 13 nitrogen and oxygen atoms in total. The van der Waals surface area contributed by atoms with Gasteiger partial charge in [0.2, 0.25) is 11.8 Å². The van der Waals surface area contributed by atoms with Gasteiger partial charge in [-0.05, 0) is 37.3 Å². The van der Waals surface area contributed by atoms with Crippen LogP contribution in [0.1, 0.15) is 36.8 Å². The van der Waals surface area contributed by atoms with Crippen LogP contribution in [0.15, 0.2) is 24.3 Å². The number of hydrogen-bond acceptors (Lipinski definition) is 8. The number of guanidine groups is 1. The SMILES string of the molecule is COC(=O)CC[C@@](N)(Cc1cccc(C(=N)N)c1)C(=O)NCC(=O)N[C@H](C=O)CCCNC(=N)N. The van der Waals surface area contributed by atoms with Crippen molar-refractivity contribution >= 4 is 35.9 Å². The highest BCUT2D eigenvalue weighted by Crippen LogP contribution is 2.19. The molecule has 0 spiro atoms. The average molecular weight is 491 g/mol. The molecule has 2 amide bonds. The molecule has 0 aliphatic heterocycles. The first kappa shape index (κ1) is 29.0. The van der Waals surface area contributed by atoms with E-state index in [9.17, 15) is 19.2 Å². The van der Waals surface area contributed by atoms with Crippen LogP contribution in [-0.2, 0) is 30.3 Å². The quantitative estimate of drug-likeness (QED) is 0.0455. The van der Waals surface area contributed by atoms with Gasteiger partial charge in [-0.25, -0.2) is 0 Å². The van der Waals surface area contributed by atoms with E-state index < -0.39 is 35.9 Å². The van der Waals surface area contributed by atoms with E-state index in [2.05, 4.69) is 20.7 Å². The molecule has 1 aromatic carbocycles. The molecular formula is C22H34N8O5. The molecule has 0 fully saturated rings. The zero-order valence-electron chi connectivity index (χ0n) is 19.7. The molecule has 0 radical (unpaired) electrons. The predicted octanol–water partition coefficient (Wildman–Crippen LogP) is -1.77. The van der Waals surface area contributed by atoms with Crippen molar-refractivity contribution in [2.24, 2.45) is 17.2 Å². The van der Waals surface area contributed by atoms with Crippen LogP contribution in [0.25, 0.3) is 0 Å². The van der Waals surface area contributed by atoms with E-state index in [1.54, 1.807) is 24.3 Å². The van der Waals surface area contributed by atoms with Crippen LogP contribution in [0.3, 0.4) is 0 Å². The van der Waals surface area contributed by atoms with Gasteiger partial charge < -0.3 is 42.7 Å². The second-order valence-corrected chi connectivity index (χ2v) is 8.00. The van der Waals surface area contributed by atoms with E-state index in [4.69, 9.17) is 28.0 Å². The van der Waals surface area contributed by atoms with Gasteiger partial charge in [-0.2, -0.15) is 0 Å². The number of amides is 2. The Morgan fingerprint density at radius 2 is 1.91 bits per heavy atom. The summed E-state index contributed by atoms with van der Waals surface area (Å²) in [5, 5.41) is 22.2. The number of nitrogens with one attached hydrogen (secondary N) is 5. The third kappa shape index (κ3) is 10.6. The number of ether oxygens (including phenoxy) is 1. The molecular weight excluding hydrogens is 456 g/mol. The van der Waals surface area contributed by atoms with E-state index in [1.807, 2.05) is 0 Å². The lowest BCUT2D eigenvalue weighted by Crippen LogP contribution is -2.57. The van der Waals surface area contributed by atoms with Gasteiger partial charge >= 0.3 is 5.97 Å². The fraction of sp³-hybridized carbons (Fsp3) is 0.455. The Kier molecular flexibility index (Phi) is 11.9. The molecule has 0 heterocycles. The molecule has 0 aliphatic rings. The molecule has 1 rings (SSSR count). The number of nitrogen functional groups attached to an aromatic ring is 1. The zero-order valence-corrected chi connectivity index (χ0v) is 19.7. The highest BCUT2D eigenvalue weighted by Gasteiger charge is 2.35. The maximum atomic E-state index is 13.0. The summed E-state index contributed by atoms with van der Waals surface area (Å²) in [4.78, 5) is 48.2. The number of aldehydes is 1. The summed E-state index contributed by atoms with van der Waals surface area (Å²) in [6.45, 7) is -0.0630. The number of carbonyl (C=O) groups is 4. The third-order valence-electron chi connectivity index (χ3n) is 5.14. The zero-order chi connectivity index (χ0) is 26.4. The highest BCUT2D eigenvalue weighted by molar-refractivity contribution is 5.95. The van der Waals surface area contributed by atoms with Crippen LogP contribution < -0.4 is 33.2 Å². The molecule has 11 N–H and O–H groups in total. The van der Waals surface area contributed by atoms with Crippen LogP contribution in [-0.4, -0.2) is 67.6 Å². The molecule has 1 aromatic rings. The number of methoxy groups -OCH3 is 1. The smallest absolute Gasteiger partial charge is 0.305 e. The van der Waals surface area contributed by atoms with Crippen molar-refractivity contribution in [2.45, 2.75) is 43.7 Å². The molecule has 0 saturated heterocycles. The summed E-state index contributed by atoms with van der Waals surface area (Å²) in [5.74, 6) is -2.14. The lowest BCUT2D eigenvalue weighted by molar-refractivity contribution is -0.141.